The molecule has 0 aliphatic heterocycles. The summed E-state index contributed by atoms with van der Waals surface area (Å²) < 4.78 is 3.19. The van der Waals surface area contributed by atoms with Crippen molar-refractivity contribution in [1.82, 2.24) is 20.1 Å². The molecule has 1 heterocycles. The highest BCUT2D eigenvalue weighted by Gasteiger charge is 2.17. The van der Waals surface area contributed by atoms with Gasteiger partial charge in [-0.1, -0.05) is 48.0 Å². The van der Waals surface area contributed by atoms with Crippen molar-refractivity contribution in [3.63, 3.8) is 0 Å². The molecule has 2 aromatic rings. The first-order chi connectivity index (χ1) is 10.3. The smallest absolute Gasteiger partial charge is 0.138 e. The lowest BCUT2D eigenvalue weighted by Gasteiger charge is -2.19. The van der Waals surface area contributed by atoms with E-state index >= 15 is 0 Å². The first-order valence-electron chi connectivity index (χ1n) is 7.58. The zero-order valence-corrected chi connectivity index (χ0v) is 14.3. The van der Waals surface area contributed by atoms with Crippen molar-refractivity contribution in [3.05, 3.63) is 46.5 Å². The van der Waals surface area contributed by atoms with Crippen LogP contribution in [0.4, 0.5) is 0 Å². The van der Waals surface area contributed by atoms with E-state index in [1.54, 1.807) is 6.33 Å². The second kappa shape index (κ2) is 8.29. The van der Waals surface area contributed by atoms with Crippen molar-refractivity contribution in [1.29, 1.82) is 0 Å². The monoisotopic (exact) mass is 350 g/mol. The third-order valence-corrected chi connectivity index (χ3v) is 4.27. The van der Waals surface area contributed by atoms with Gasteiger partial charge in [-0.3, -0.25) is 4.68 Å². The Balaban J connectivity index is 2.20. The molecular formula is C16H23BrN4. The van der Waals surface area contributed by atoms with Gasteiger partial charge in [0.1, 0.15) is 12.2 Å². The maximum absolute atomic E-state index is 4.45. The van der Waals surface area contributed by atoms with Gasteiger partial charge >= 0.3 is 0 Å². The van der Waals surface area contributed by atoms with Crippen LogP contribution in [0.15, 0.2) is 35.1 Å². The molecule has 0 amide bonds. The first-order valence-corrected chi connectivity index (χ1v) is 8.37. The minimum Gasteiger partial charge on any atom is -0.316 e. The zero-order valence-electron chi connectivity index (χ0n) is 12.7. The normalized spacial score (nSPS) is 12.5. The number of nitrogens with one attached hydrogen (secondary N) is 1. The van der Waals surface area contributed by atoms with Crippen molar-refractivity contribution >= 4 is 15.9 Å². The van der Waals surface area contributed by atoms with E-state index in [1.165, 1.54) is 5.56 Å². The zero-order chi connectivity index (χ0) is 15.1. The van der Waals surface area contributed by atoms with E-state index in [1.807, 2.05) is 4.68 Å². The molecule has 0 aliphatic carbocycles. The van der Waals surface area contributed by atoms with Gasteiger partial charge in [0.25, 0.3) is 0 Å². The van der Waals surface area contributed by atoms with Crippen LogP contribution in [0.1, 0.15) is 37.6 Å². The SMILES string of the molecule is CCCn1ncnc1CC(CNCC)c1ccccc1Br. The van der Waals surface area contributed by atoms with Crippen molar-refractivity contribution in [2.24, 2.45) is 0 Å². The summed E-state index contributed by atoms with van der Waals surface area (Å²) in [4.78, 5) is 4.45. The third kappa shape index (κ3) is 4.38. The number of hydrogen-bond donors (Lipinski definition) is 1. The fourth-order valence-corrected chi connectivity index (χ4v) is 3.09. The lowest BCUT2D eigenvalue weighted by molar-refractivity contribution is 0.525. The summed E-state index contributed by atoms with van der Waals surface area (Å²) >= 11 is 3.67. The molecule has 1 N–H and O–H groups in total. The summed E-state index contributed by atoms with van der Waals surface area (Å²) in [6.07, 6.45) is 3.63. The van der Waals surface area contributed by atoms with E-state index in [-0.39, 0.29) is 0 Å². The summed E-state index contributed by atoms with van der Waals surface area (Å²) in [5.74, 6) is 1.45. The van der Waals surface area contributed by atoms with Crippen LogP contribution >= 0.6 is 15.9 Å². The number of likely N-dealkylation sites (N-methyl/N-ethyl adjacent to an activating group) is 1. The first kappa shape index (κ1) is 16.2. The molecule has 114 valence electrons. The number of aromatic nitrogens is 3. The number of aryl methyl sites for hydroxylation is 1. The van der Waals surface area contributed by atoms with Crippen LogP contribution in [0.3, 0.4) is 0 Å². The molecule has 0 aliphatic rings. The van der Waals surface area contributed by atoms with Gasteiger partial charge in [0.2, 0.25) is 0 Å². The Hall–Kier alpha value is -1.20. The number of nitrogens with zero attached hydrogens (tertiary/aromatic N) is 3. The molecule has 0 saturated heterocycles. The molecule has 1 aromatic heterocycles. The topological polar surface area (TPSA) is 42.7 Å². The Morgan fingerprint density at radius 2 is 2.10 bits per heavy atom. The van der Waals surface area contributed by atoms with Crippen molar-refractivity contribution in [2.45, 2.75) is 39.2 Å². The van der Waals surface area contributed by atoms with Crippen molar-refractivity contribution in [3.8, 4) is 0 Å². The molecule has 0 bridgehead atoms. The van der Waals surface area contributed by atoms with Gasteiger partial charge in [-0.05, 0) is 24.6 Å². The molecule has 1 aromatic carbocycles. The molecule has 1 atom stereocenters. The van der Waals surface area contributed by atoms with Crippen LogP contribution in [0.25, 0.3) is 0 Å². The van der Waals surface area contributed by atoms with Crippen molar-refractivity contribution in [2.75, 3.05) is 13.1 Å². The average molecular weight is 351 g/mol. The van der Waals surface area contributed by atoms with Crippen molar-refractivity contribution < 1.29 is 0 Å². The van der Waals surface area contributed by atoms with E-state index < -0.39 is 0 Å². The molecule has 0 spiro atoms. The maximum Gasteiger partial charge on any atom is 0.138 e. The largest absolute Gasteiger partial charge is 0.316 e. The van der Waals surface area contributed by atoms with Crippen LogP contribution in [0.5, 0.6) is 0 Å². The predicted molar refractivity (Wildman–Crippen MR) is 89.4 cm³/mol. The van der Waals surface area contributed by atoms with E-state index in [4.69, 9.17) is 0 Å². The van der Waals surface area contributed by atoms with Gasteiger partial charge < -0.3 is 5.32 Å². The fraction of sp³-hybridized carbons (Fsp3) is 0.500. The summed E-state index contributed by atoms with van der Waals surface area (Å²) in [5, 5.41) is 7.79. The summed E-state index contributed by atoms with van der Waals surface area (Å²) in [5.41, 5.74) is 1.32. The van der Waals surface area contributed by atoms with Gasteiger partial charge in [-0.15, -0.1) is 0 Å². The predicted octanol–water partition coefficient (Wildman–Crippen LogP) is 3.39. The van der Waals surface area contributed by atoms with E-state index in [2.05, 4.69) is 69.4 Å². The van der Waals surface area contributed by atoms with Crippen LogP contribution < -0.4 is 5.32 Å². The summed E-state index contributed by atoms with van der Waals surface area (Å²) in [6, 6.07) is 8.44. The van der Waals surface area contributed by atoms with Crippen LogP contribution in [-0.2, 0) is 13.0 Å². The number of benzene rings is 1. The number of hydrogen-bond acceptors (Lipinski definition) is 3. The van der Waals surface area contributed by atoms with Gasteiger partial charge in [0.05, 0.1) is 0 Å². The minimum absolute atomic E-state index is 0.389. The van der Waals surface area contributed by atoms with E-state index in [9.17, 15) is 0 Å². The highest BCUT2D eigenvalue weighted by atomic mass is 79.9. The fourth-order valence-electron chi connectivity index (χ4n) is 2.48. The van der Waals surface area contributed by atoms with Gasteiger partial charge in [0.15, 0.2) is 0 Å². The molecule has 0 radical (unpaired) electrons. The molecular weight excluding hydrogens is 328 g/mol. The standard InChI is InChI=1S/C16H23BrN4/c1-3-9-21-16(19-12-20-21)10-13(11-18-4-2)14-7-5-6-8-15(14)17/h5-8,12-13,18H,3-4,9-11H2,1-2H3. The minimum atomic E-state index is 0.389. The Morgan fingerprint density at radius 1 is 1.29 bits per heavy atom. The molecule has 21 heavy (non-hydrogen) atoms. The Bertz CT molecular complexity index is 553. The van der Waals surface area contributed by atoms with Gasteiger partial charge in [0, 0.05) is 29.9 Å². The quantitative estimate of drug-likeness (QED) is 0.793. The lowest BCUT2D eigenvalue weighted by atomic mass is 9.95. The maximum atomic E-state index is 4.45. The molecule has 1 unspecified atom stereocenters. The molecule has 5 heteroatoms. The number of rotatable bonds is 8. The highest BCUT2D eigenvalue weighted by molar-refractivity contribution is 9.10. The van der Waals surface area contributed by atoms with Gasteiger partial charge in [-0.2, -0.15) is 5.10 Å². The van der Waals surface area contributed by atoms with Crippen LogP contribution in [-0.4, -0.2) is 27.9 Å². The van der Waals surface area contributed by atoms with Gasteiger partial charge in [-0.25, -0.2) is 4.98 Å². The molecule has 0 saturated carbocycles. The summed E-state index contributed by atoms with van der Waals surface area (Å²) in [7, 11) is 0. The van der Waals surface area contributed by atoms with Crippen LogP contribution in [0, 0.1) is 0 Å². The Labute approximate surface area is 135 Å². The summed E-state index contributed by atoms with van der Waals surface area (Å²) in [6.45, 7) is 7.14. The third-order valence-electron chi connectivity index (χ3n) is 3.55. The second-order valence-corrected chi connectivity index (χ2v) is 5.98. The van der Waals surface area contributed by atoms with E-state index in [0.717, 1.165) is 42.8 Å². The Morgan fingerprint density at radius 3 is 2.81 bits per heavy atom. The Kier molecular flexibility index (Phi) is 6.39. The molecule has 4 nitrogen and oxygen atoms in total. The lowest BCUT2D eigenvalue weighted by Crippen LogP contribution is -2.24. The number of halogens is 1. The highest BCUT2D eigenvalue weighted by Crippen LogP contribution is 2.27. The van der Waals surface area contributed by atoms with Crippen LogP contribution in [0.2, 0.25) is 0 Å². The average Bonchev–Trinajstić information content (AvgIpc) is 2.92. The molecule has 0 fully saturated rings. The second-order valence-electron chi connectivity index (χ2n) is 5.13. The van der Waals surface area contributed by atoms with E-state index in [0.29, 0.717) is 5.92 Å². The molecule has 2 rings (SSSR count).